The van der Waals surface area contributed by atoms with Crippen LogP contribution >= 0.6 is 0 Å². The molecule has 0 radical (unpaired) electrons. The summed E-state index contributed by atoms with van der Waals surface area (Å²) in [5.41, 5.74) is 1.01. The first kappa shape index (κ1) is 18.9. The summed E-state index contributed by atoms with van der Waals surface area (Å²) in [5.74, 6) is -1.75. The lowest BCUT2D eigenvalue weighted by Gasteiger charge is -2.37. The molecule has 0 heterocycles. The summed E-state index contributed by atoms with van der Waals surface area (Å²) < 4.78 is 5.30. The van der Waals surface area contributed by atoms with Gasteiger partial charge in [-0.1, -0.05) is 50.3 Å². The maximum absolute atomic E-state index is 12.3. The normalized spacial score (nSPS) is 17.4. The Labute approximate surface area is 148 Å². The molecule has 0 fully saturated rings. The van der Waals surface area contributed by atoms with Gasteiger partial charge in [0, 0.05) is 16.6 Å². The largest absolute Gasteiger partial charge is 0.500 e. The Morgan fingerprint density at radius 1 is 1.28 bits per heavy atom. The highest BCUT2D eigenvalue weighted by atomic mass is 16.5. The zero-order valence-electron chi connectivity index (χ0n) is 14.8. The fourth-order valence-corrected chi connectivity index (χ4v) is 2.78. The third-order valence-electron chi connectivity index (χ3n) is 4.38. The van der Waals surface area contributed by atoms with Crippen molar-refractivity contribution in [3.8, 4) is 0 Å². The standard InChI is InChI=1S/C21H24O4/c1-5-20(2,3)19-13-16(18(25-4)14-21(19,23)24)11-12-17(22)15-9-7-6-8-10-15/h5-13,23-24H,1,14H2,2-4H3. The van der Waals surface area contributed by atoms with Crippen LogP contribution in [-0.4, -0.2) is 28.9 Å². The zero-order valence-corrected chi connectivity index (χ0v) is 14.8. The monoisotopic (exact) mass is 340 g/mol. The molecule has 1 aliphatic carbocycles. The lowest BCUT2D eigenvalue weighted by molar-refractivity contribution is -0.142. The van der Waals surface area contributed by atoms with E-state index in [0.717, 1.165) is 0 Å². The van der Waals surface area contributed by atoms with Gasteiger partial charge in [0.05, 0.1) is 13.5 Å². The number of ketones is 1. The van der Waals surface area contributed by atoms with Gasteiger partial charge in [-0.05, 0) is 23.8 Å². The predicted molar refractivity (Wildman–Crippen MR) is 97.8 cm³/mol. The second-order valence-corrected chi connectivity index (χ2v) is 6.62. The van der Waals surface area contributed by atoms with Crippen molar-refractivity contribution in [2.24, 2.45) is 5.41 Å². The van der Waals surface area contributed by atoms with Crippen LogP contribution in [0.1, 0.15) is 30.6 Å². The topological polar surface area (TPSA) is 66.8 Å². The number of benzene rings is 1. The van der Waals surface area contributed by atoms with E-state index in [0.29, 0.717) is 22.5 Å². The predicted octanol–water partition coefficient (Wildman–Crippen LogP) is 3.55. The van der Waals surface area contributed by atoms with E-state index in [1.807, 2.05) is 19.9 Å². The highest BCUT2D eigenvalue weighted by molar-refractivity contribution is 6.04. The average Bonchev–Trinajstić information content (AvgIpc) is 2.60. The molecule has 0 unspecified atom stereocenters. The molecule has 1 aromatic rings. The van der Waals surface area contributed by atoms with Crippen molar-refractivity contribution in [2.45, 2.75) is 26.1 Å². The van der Waals surface area contributed by atoms with Crippen LogP contribution in [0.25, 0.3) is 0 Å². The van der Waals surface area contributed by atoms with Gasteiger partial charge in [-0.2, -0.15) is 0 Å². The van der Waals surface area contributed by atoms with Crippen LogP contribution in [0, 0.1) is 5.41 Å². The van der Waals surface area contributed by atoms with Gasteiger partial charge in [-0.15, -0.1) is 6.58 Å². The van der Waals surface area contributed by atoms with Gasteiger partial charge in [0.15, 0.2) is 11.6 Å². The number of rotatable bonds is 6. The van der Waals surface area contributed by atoms with Gasteiger partial charge in [0.2, 0.25) is 0 Å². The van der Waals surface area contributed by atoms with Crippen LogP contribution in [-0.2, 0) is 4.74 Å². The van der Waals surface area contributed by atoms with Crippen LogP contribution in [0.5, 0.6) is 0 Å². The molecule has 0 saturated heterocycles. The quantitative estimate of drug-likeness (QED) is 0.360. The Morgan fingerprint density at radius 3 is 2.48 bits per heavy atom. The van der Waals surface area contributed by atoms with Gasteiger partial charge >= 0.3 is 0 Å². The lowest BCUT2D eigenvalue weighted by Crippen LogP contribution is -2.40. The average molecular weight is 340 g/mol. The van der Waals surface area contributed by atoms with Gasteiger partial charge in [-0.3, -0.25) is 4.79 Å². The molecule has 132 valence electrons. The maximum Gasteiger partial charge on any atom is 0.194 e. The van der Waals surface area contributed by atoms with Gasteiger partial charge < -0.3 is 14.9 Å². The Balaban J connectivity index is 2.40. The number of carbonyl (C=O) groups excluding carboxylic acids is 1. The second kappa shape index (κ2) is 7.21. The smallest absolute Gasteiger partial charge is 0.194 e. The van der Waals surface area contributed by atoms with E-state index >= 15 is 0 Å². The Morgan fingerprint density at radius 2 is 1.92 bits per heavy atom. The second-order valence-electron chi connectivity index (χ2n) is 6.62. The number of hydrogen-bond donors (Lipinski definition) is 2. The highest BCUT2D eigenvalue weighted by Crippen LogP contribution is 2.42. The van der Waals surface area contributed by atoms with Gasteiger partial charge in [0.25, 0.3) is 0 Å². The van der Waals surface area contributed by atoms with E-state index in [1.54, 1.807) is 42.5 Å². The molecule has 2 rings (SSSR count). The van der Waals surface area contributed by atoms with Crippen molar-refractivity contribution < 1.29 is 19.7 Å². The molecule has 0 bridgehead atoms. The number of aliphatic hydroxyl groups is 2. The van der Waals surface area contributed by atoms with Crippen molar-refractivity contribution >= 4 is 5.78 Å². The molecule has 0 aromatic heterocycles. The van der Waals surface area contributed by atoms with Crippen molar-refractivity contribution in [1.82, 2.24) is 0 Å². The van der Waals surface area contributed by atoms with E-state index in [1.165, 1.54) is 13.2 Å². The van der Waals surface area contributed by atoms with E-state index in [4.69, 9.17) is 4.74 Å². The SMILES string of the molecule is C=CC(C)(C)C1=CC(C=CC(=O)c2ccccc2)=C(OC)CC1(O)O. The molecule has 2 N–H and O–H groups in total. The molecule has 0 atom stereocenters. The van der Waals surface area contributed by atoms with E-state index in [9.17, 15) is 15.0 Å². The lowest BCUT2D eigenvalue weighted by atomic mass is 9.75. The summed E-state index contributed by atoms with van der Waals surface area (Å²) in [7, 11) is 1.47. The number of ether oxygens (including phenoxy) is 1. The molecule has 4 heteroatoms. The minimum absolute atomic E-state index is 0.0915. The number of hydrogen-bond acceptors (Lipinski definition) is 4. The van der Waals surface area contributed by atoms with Crippen molar-refractivity contribution in [3.63, 3.8) is 0 Å². The van der Waals surface area contributed by atoms with Crippen LogP contribution < -0.4 is 0 Å². The number of methoxy groups -OCH3 is 1. The third kappa shape index (κ3) is 4.16. The number of carbonyl (C=O) groups is 1. The van der Waals surface area contributed by atoms with Crippen LogP contribution in [0.15, 0.2) is 78.1 Å². The molecule has 0 aliphatic heterocycles. The molecular formula is C21H24O4. The fourth-order valence-electron chi connectivity index (χ4n) is 2.78. The Kier molecular flexibility index (Phi) is 5.45. The third-order valence-corrected chi connectivity index (χ3v) is 4.38. The van der Waals surface area contributed by atoms with Crippen molar-refractivity contribution in [1.29, 1.82) is 0 Å². The minimum Gasteiger partial charge on any atom is -0.500 e. The maximum atomic E-state index is 12.3. The Hall–Kier alpha value is -2.43. The van der Waals surface area contributed by atoms with Gasteiger partial charge in [-0.25, -0.2) is 0 Å². The molecular weight excluding hydrogens is 316 g/mol. The fraction of sp³-hybridized carbons (Fsp3) is 0.286. The summed E-state index contributed by atoms with van der Waals surface area (Å²) in [6.45, 7) is 7.47. The van der Waals surface area contributed by atoms with Crippen LogP contribution in [0.3, 0.4) is 0 Å². The first-order chi connectivity index (χ1) is 11.7. The minimum atomic E-state index is -2.02. The molecule has 0 saturated carbocycles. The molecule has 0 amide bonds. The van der Waals surface area contributed by atoms with Crippen LogP contribution in [0.4, 0.5) is 0 Å². The first-order valence-electron chi connectivity index (χ1n) is 8.07. The van der Waals surface area contributed by atoms with E-state index in [2.05, 4.69) is 6.58 Å². The molecule has 25 heavy (non-hydrogen) atoms. The van der Waals surface area contributed by atoms with Gasteiger partial charge in [0.1, 0.15) is 5.76 Å². The highest BCUT2D eigenvalue weighted by Gasteiger charge is 2.41. The van der Waals surface area contributed by atoms with Crippen molar-refractivity contribution in [3.05, 3.63) is 83.7 Å². The summed E-state index contributed by atoms with van der Waals surface area (Å²) in [5, 5.41) is 20.8. The van der Waals surface area contributed by atoms with Crippen molar-refractivity contribution in [2.75, 3.05) is 7.11 Å². The van der Waals surface area contributed by atoms with E-state index in [-0.39, 0.29) is 12.2 Å². The van der Waals surface area contributed by atoms with E-state index < -0.39 is 11.2 Å². The zero-order chi connectivity index (χ0) is 18.7. The molecule has 4 nitrogen and oxygen atoms in total. The molecule has 1 aliphatic rings. The Bertz CT molecular complexity index is 749. The first-order valence-corrected chi connectivity index (χ1v) is 8.07. The summed E-state index contributed by atoms with van der Waals surface area (Å²) in [4.78, 5) is 12.3. The van der Waals surface area contributed by atoms with Crippen LogP contribution in [0.2, 0.25) is 0 Å². The number of allylic oxidation sites excluding steroid dienone is 5. The summed E-state index contributed by atoms with van der Waals surface area (Å²) >= 11 is 0. The summed E-state index contributed by atoms with van der Waals surface area (Å²) in [6.07, 6.45) is 6.32. The molecule has 1 aromatic carbocycles. The molecule has 0 spiro atoms. The summed E-state index contributed by atoms with van der Waals surface area (Å²) in [6, 6.07) is 8.94.